The highest BCUT2D eigenvalue weighted by Gasteiger charge is 2.33. The number of alkyl halides is 3. The summed E-state index contributed by atoms with van der Waals surface area (Å²) in [6.45, 7) is 5.96. The van der Waals surface area contributed by atoms with Gasteiger partial charge in [0, 0.05) is 19.2 Å². The molecule has 0 aliphatic rings. The van der Waals surface area contributed by atoms with Crippen molar-refractivity contribution in [1.29, 1.82) is 0 Å². The minimum absolute atomic E-state index is 0.0819. The molecular formula is C21H23F3N2O2. The van der Waals surface area contributed by atoms with Gasteiger partial charge in [-0.05, 0) is 50.1 Å². The summed E-state index contributed by atoms with van der Waals surface area (Å²) in [6, 6.07) is 8.33. The number of halogens is 3. The molecule has 0 N–H and O–H groups in total. The van der Waals surface area contributed by atoms with E-state index in [1.165, 1.54) is 18.2 Å². The molecule has 0 atom stereocenters. The second-order valence-electron chi connectivity index (χ2n) is 6.43. The zero-order valence-corrected chi connectivity index (χ0v) is 16.3. The van der Waals surface area contributed by atoms with Crippen molar-refractivity contribution < 1.29 is 22.7 Å². The Bertz CT molecular complexity index is 876. The highest BCUT2D eigenvalue weighted by molar-refractivity contribution is 5.92. The van der Waals surface area contributed by atoms with Gasteiger partial charge in [-0.1, -0.05) is 18.2 Å². The summed E-state index contributed by atoms with van der Waals surface area (Å²) < 4.78 is 44.3. The zero-order valence-electron chi connectivity index (χ0n) is 16.3. The maximum absolute atomic E-state index is 13.1. The van der Waals surface area contributed by atoms with E-state index in [4.69, 9.17) is 4.74 Å². The molecule has 2 rings (SSSR count). The fourth-order valence-electron chi connectivity index (χ4n) is 2.55. The minimum Gasteiger partial charge on any atom is -0.457 e. The molecule has 0 saturated carbocycles. The van der Waals surface area contributed by atoms with Crippen LogP contribution in [0.15, 0.2) is 41.4 Å². The molecular weight excluding hydrogens is 369 g/mol. The van der Waals surface area contributed by atoms with E-state index < -0.39 is 24.3 Å². The number of hydrogen-bond acceptors (Lipinski definition) is 3. The van der Waals surface area contributed by atoms with Gasteiger partial charge in [-0.3, -0.25) is 0 Å². The second kappa shape index (κ2) is 8.91. The molecule has 0 radical (unpaired) electrons. The van der Waals surface area contributed by atoms with Crippen molar-refractivity contribution >= 4 is 18.0 Å². The van der Waals surface area contributed by atoms with Crippen molar-refractivity contribution in [2.75, 3.05) is 13.6 Å². The number of esters is 1. The standard InChI is InChI=1S/C21H23F3N2O2/c1-5-26(4)13-25-19-11-10-17(14(2)15(19)3)20(27)28-12-16-8-6-7-9-18(16)21(22,23)24/h6-11,13H,5,12H2,1-4H3. The van der Waals surface area contributed by atoms with Crippen LogP contribution < -0.4 is 0 Å². The lowest BCUT2D eigenvalue weighted by molar-refractivity contribution is -0.138. The summed E-state index contributed by atoms with van der Waals surface area (Å²) in [6.07, 6.45) is -2.80. The van der Waals surface area contributed by atoms with E-state index >= 15 is 0 Å². The van der Waals surface area contributed by atoms with Gasteiger partial charge in [0.25, 0.3) is 0 Å². The monoisotopic (exact) mass is 392 g/mol. The molecule has 0 saturated heterocycles. The molecule has 2 aromatic rings. The lowest BCUT2D eigenvalue weighted by Gasteiger charge is -2.14. The Balaban J connectivity index is 2.18. The van der Waals surface area contributed by atoms with Crippen LogP contribution in [0.4, 0.5) is 18.9 Å². The molecule has 0 aliphatic carbocycles. The predicted octanol–water partition coefficient (Wildman–Crippen LogP) is 5.29. The van der Waals surface area contributed by atoms with E-state index in [1.807, 2.05) is 25.8 Å². The first-order valence-corrected chi connectivity index (χ1v) is 8.82. The molecule has 2 aromatic carbocycles. The average Bonchev–Trinajstić information content (AvgIpc) is 2.66. The summed E-state index contributed by atoms with van der Waals surface area (Å²) in [5, 5.41) is 0. The number of carbonyl (C=O) groups is 1. The normalized spacial score (nSPS) is 11.7. The Morgan fingerprint density at radius 2 is 1.82 bits per heavy atom. The van der Waals surface area contributed by atoms with Gasteiger partial charge in [0.1, 0.15) is 6.61 Å². The van der Waals surface area contributed by atoms with Gasteiger partial charge in [0.2, 0.25) is 0 Å². The third kappa shape index (κ3) is 5.12. The SMILES string of the molecule is CCN(C)C=Nc1ccc(C(=O)OCc2ccccc2C(F)(F)F)c(C)c1C. The smallest absolute Gasteiger partial charge is 0.416 e. The summed E-state index contributed by atoms with van der Waals surface area (Å²) in [5.74, 6) is -0.668. The highest BCUT2D eigenvalue weighted by Crippen LogP contribution is 2.32. The Kier molecular flexibility index (Phi) is 6.83. The predicted molar refractivity (Wildman–Crippen MR) is 103 cm³/mol. The first kappa shape index (κ1) is 21.5. The molecule has 0 heterocycles. The number of nitrogens with zero attached hydrogens (tertiary/aromatic N) is 2. The van der Waals surface area contributed by atoms with Crippen LogP contribution in [-0.4, -0.2) is 30.8 Å². The second-order valence-corrected chi connectivity index (χ2v) is 6.43. The van der Waals surface area contributed by atoms with E-state index in [-0.39, 0.29) is 5.56 Å². The van der Waals surface area contributed by atoms with Crippen LogP contribution in [0.25, 0.3) is 0 Å². The Morgan fingerprint density at radius 1 is 1.14 bits per heavy atom. The topological polar surface area (TPSA) is 41.9 Å². The first-order chi connectivity index (χ1) is 13.1. The van der Waals surface area contributed by atoms with Gasteiger partial charge >= 0.3 is 12.1 Å². The molecule has 0 amide bonds. The third-order valence-corrected chi connectivity index (χ3v) is 4.55. The number of aliphatic imine (C=N–C) groups is 1. The van der Waals surface area contributed by atoms with E-state index in [2.05, 4.69) is 4.99 Å². The quantitative estimate of drug-likeness (QED) is 0.381. The van der Waals surface area contributed by atoms with Crippen molar-refractivity contribution in [2.24, 2.45) is 4.99 Å². The first-order valence-electron chi connectivity index (χ1n) is 8.82. The fraction of sp³-hybridized carbons (Fsp3) is 0.333. The van der Waals surface area contributed by atoms with Gasteiger partial charge in [-0.15, -0.1) is 0 Å². The van der Waals surface area contributed by atoms with E-state index in [9.17, 15) is 18.0 Å². The Labute approximate surface area is 162 Å². The maximum Gasteiger partial charge on any atom is 0.416 e. The van der Waals surface area contributed by atoms with E-state index in [0.717, 1.165) is 23.9 Å². The largest absolute Gasteiger partial charge is 0.457 e. The van der Waals surface area contributed by atoms with Crippen LogP contribution in [0.1, 0.15) is 39.5 Å². The number of carbonyl (C=O) groups excluding carboxylic acids is 1. The number of benzene rings is 2. The van der Waals surface area contributed by atoms with Crippen molar-refractivity contribution in [2.45, 2.75) is 33.6 Å². The number of ether oxygens (including phenoxy) is 1. The van der Waals surface area contributed by atoms with Crippen LogP contribution in [0.5, 0.6) is 0 Å². The van der Waals surface area contributed by atoms with Crippen LogP contribution in [0, 0.1) is 13.8 Å². The molecule has 7 heteroatoms. The van der Waals surface area contributed by atoms with Gasteiger partial charge in [-0.2, -0.15) is 13.2 Å². The Morgan fingerprint density at radius 3 is 2.46 bits per heavy atom. The van der Waals surface area contributed by atoms with Gasteiger partial charge < -0.3 is 9.64 Å². The minimum atomic E-state index is -4.50. The maximum atomic E-state index is 13.1. The molecule has 150 valence electrons. The molecule has 0 unspecified atom stereocenters. The summed E-state index contributed by atoms with van der Waals surface area (Å²) in [4.78, 5) is 18.7. The van der Waals surface area contributed by atoms with Crippen molar-refractivity contribution in [3.63, 3.8) is 0 Å². The average molecular weight is 392 g/mol. The number of rotatable bonds is 6. The Hall–Kier alpha value is -2.83. The summed E-state index contributed by atoms with van der Waals surface area (Å²) >= 11 is 0. The van der Waals surface area contributed by atoms with Crippen LogP contribution in [0.3, 0.4) is 0 Å². The number of hydrogen-bond donors (Lipinski definition) is 0. The highest BCUT2D eigenvalue weighted by atomic mass is 19.4. The molecule has 0 spiro atoms. The van der Waals surface area contributed by atoms with Crippen molar-refractivity contribution in [3.05, 3.63) is 64.2 Å². The zero-order chi connectivity index (χ0) is 20.9. The molecule has 0 fully saturated rings. The lowest BCUT2D eigenvalue weighted by Crippen LogP contribution is -2.14. The molecule has 0 aliphatic heterocycles. The van der Waals surface area contributed by atoms with Crippen molar-refractivity contribution in [1.82, 2.24) is 4.90 Å². The van der Waals surface area contributed by atoms with Crippen LogP contribution in [0.2, 0.25) is 0 Å². The molecule has 4 nitrogen and oxygen atoms in total. The molecule has 0 bridgehead atoms. The molecule has 0 aromatic heterocycles. The van der Waals surface area contributed by atoms with Crippen molar-refractivity contribution in [3.8, 4) is 0 Å². The summed E-state index contributed by atoms with van der Waals surface area (Å²) in [7, 11) is 1.90. The van der Waals surface area contributed by atoms with Crippen LogP contribution in [-0.2, 0) is 17.5 Å². The molecule has 28 heavy (non-hydrogen) atoms. The van der Waals surface area contributed by atoms with Gasteiger partial charge in [-0.25, -0.2) is 9.79 Å². The summed E-state index contributed by atoms with van der Waals surface area (Å²) in [5.41, 5.74) is 1.64. The van der Waals surface area contributed by atoms with E-state index in [1.54, 1.807) is 25.4 Å². The van der Waals surface area contributed by atoms with Gasteiger partial charge in [0.15, 0.2) is 0 Å². The van der Waals surface area contributed by atoms with E-state index in [0.29, 0.717) is 11.1 Å². The lowest BCUT2D eigenvalue weighted by atomic mass is 10.0. The van der Waals surface area contributed by atoms with Crippen LogP contribution >= 0.6 is 0 Å². The fourth-order valence-corrected chi connectivity index (χ4v) is 2.55. The third-order valence-electron chi connectivity index (χ3n) is 4.55. The van der Waals surface area contributed by atoms with Gasteiger partial charge in [0.05, 0.1) is 23.2 Å².